The van der Waals surface area contributed by atoms with E-state index in [4.69, 9.17) is 4.74 Å². The van der Waals surface area contributed by atoms with Gasteiger partial charge in [0.15, 0.2) is 0 Å². The fraction of sp³-hybridized carbons (Fsp3) is 0.500. The van der Waals surface area contributed by atoms with Gasteiger partial charge >= 0.3 is 0 Å². The van der Waals surface area contributed by atoms with Gasteiger partial charge in [-0.2, -0.15) is 0 Å². The van der Waals surface area contributed by atoms with Crippen molar-refractivity contribution in [3.63, 3.8) is 0 Å². The van der Waals surface area contributed by atoms with E-state index in [1.165, 1.54) is 0 Å². The van der Waals surface area contributed by atoms with Crippen molar-refractivity contribution in [1.82, 2.24) is 0 Å². The standard InChI is InChI=1S/C6H11NO/c1-6(8-3)4-5-7-2/h4-5H,1-3H3/b6-4+,7-5?. The number of rotatable bonds is 2. The third kappa shape index (κ3) is 3.40. The molecule has 0 spiro atoms. The minimum Gasteiger partial charge on any atom is -0.501 e. The summed E-state index contributed by atoms with van der Waals surface area (Å²) in [5, 5.41) is 0. The fourth-order valence-corrected chi connectivity index (χ4v) is 0.248. The zero-order chi connectivity index (χ0) is 6.41. The molecule has 0 amide bonds. The summed E-state index contributed by atoms with van der Waals surface area (Å²) in [6.07, 6.45) is 3.50. The van der Waals surface area contributed by atoms with Gasteiger partial charge in [-0.3, -0.25) is 4.99 Å². The van der Waals surface area contributed by atoms with Crippen LogP contribution in [0.1, 0.15) is 6.92 Å². The lowest BCUT2D eigenvalue weighted by molar-refractivity contribution is 0.294. The summed E-state index contributed by atoms with van der Waals surface area (Å²) in [6, 6.07) is 0. The first-order chi connectivity index (χ1) is 3.81. The van der Waals surface area contributed by atoms with Gasteiger partial charge in [-0.05, 0) is 13.0 Å². The summed E-state index contributed by atoms with van der Waals surface area (Å²) in [6.45, 7) is 1.88. The van der Waals surface area contributed by atoms with Gasteiger partial charge in [0.25, 0.3) is 0 Å². The molecular weight excluding hydrogens is 102 g/mol. The highest BCUT2D eigenvalue weighted by Gasteiger charge is 1.75. The van der Waals surface area contributed by atoms with Gasteiger partial charge in [-0.1, -0.05) is 0 Å². The Balaban J connectivity index is 3.57. The Morgan fingerprint density at radius 3 is 2.62 bits per heavy atom. The van der Waals surface area contributed by atoms with E-state index in [1.54, 1.807) is 26.4 Å². The third-order valence-electron chi connectivity index (χ3n) is 0.780. The van der Waals surface area contributed by atoms with Crippen molar-refractivity contribution in [3.05, 3.63) is 11.8 Å². The maximum atomic E-state index is 4.82. The molecule has 0 heterocycles. The van der Waals surface area contributed by atoms with Crippen molar-refractivity contribution < 1.29 is 4.74 Å². The summed E-state index contributed by atoms with van der Waals surface area (Å²) in [5.41, 5.74) is 0. The van der Waals surface area contributed by atoms with Crippen molar-refractivity contribution in [2.75, 3.05) is 14.2 Å². The van der Waals surface area contributed by atoms with Crippen molar-refractivity contribution >= 4 is 6.21 Å². The second-order valence-electron chi connectivity index (χ2n) is 1.39. The molecule has 0 aliphatic heterocycles. The van der Waals surface area contributed by atoms with Crippen molar-refractivity contribution in [1.29, 1.82) is 0 Å². The molecule has 0 aromatic carbocycles. The van der Waals surface area contributed by atoms with Gasteiger partial charge in [0.05, 0.1) is 12.9 Å². The van der Waals surface area contributed by atoms with Crippen LogP contribution in [0, 0.1) is 0 Å². The molecule has 0 unspecified atom stereocenters. The van der Waals surface area contributed by atoms with Crippen LogP contribution in [0.4, 0.5) is 0 Å². The maximum absolute atomic E-state index is 4.82. The minimum atomic E-state index is 0.871. The lowest BCUT2D eigenvalue weighted by Crippen LogP contribution is -1.78. The van der Waals surface area contributed by atoms with E-state index in [2.05, 4.69) is 4.99 Å². The van der Waals surface area contributed by atoms with E-state index in [-0.39, 0.29) is 0 Å². The van der Waals surface area contributed by atoms with Crippen LogP contribution in [0.5, 0.6) is 0 Å². The molecular formula is C6H11NO. The number of allylic oxidation sites excluding steroid dienone is 2. The topological polar surface area (TPSA) is 21.6 Å². The average molecular weight is 113 g/mol. The van der Waals surface area contributed by atoms with Crippen molar-refractivity contribution in [2.45, 2.75) is 6.92 Å². The van der Waals surface area contributed by atoms with E-state index < -0.39 is 0 Å². The molecule has 0 aromatic rings. The molecule has 46 valence electrons. The van der Waals surface area contributed by atoms with Crippen molar-refractivity contribution in [2.24, 2.45) is 4.99 Å². The first kappa shape index (κ1) is 7.21. The van der Waals surface area contributed by atoms with Gasteiger partial charge in [0.1, 0.15) is 0 Å². The second kappa shape index (κ2) is 4.37. The van der Waals surface area contributed by atoms with Crippen molar-refractivity contribution in [3.8, 4) is 0 Å². The van der Waals surface area contributed by atoms with Gasteiger partial charge in [0, 0.05) is 13.3 Å². The zero-order valence-corrected chi connectivity index (χ0v) is 5.51. The smallest absolute Gasteiger partial charge is 0.0939 e. The number of ether oxygens (including phenoxy) is 1. The van der Waals surface area contributed by atoms with Crippen LogP contribution < -0.4 is 0 Å². The summed E-state index contributed by atoms with van der Waals surface area (Å²) in [5.74, 6) is 0.871. The summed E-state index contributed by atoms with van der Waals surface area (Å²) in [7, 11) is 3.36. The number of aliphatic imine (C=N–C) groups is 1. The van der Waals surface area contributed by atoms with E-state index in [1.807, 2.05) is 6.92 Å². The number of nitrogens with zero attached hydrogens (tertiary/aromatic N) is 1. The van der Waals surface area contributed by atoms with Gasteiger partial charge in [-0.15, -0.1) is 0 Å². The molecule has 0 aliphatic rings. The minimum absolute atomic E-state index is 0.871. The molecule has 0 rings (SSSR count). The van der Waals surface area contributed by atoms with E-state index >= 15 is 0 Å². The van der Waals surface area contributed by atoms with E-state index in [9.17, 15) is 0 Å². The number of methoxy groups -OCH3 is 1. The Morgan fingerprint density at radius 1 is 1.62 bits per heavy atom. The van der Waals surface area contributed by atoms with Gasteiger partial charge in [-0.25, -0.2) is 0 Å². The lowest BCUT2D eigenvalue weighted by Gasteiger charge is -1.92. The summed E-state index contributed by atoms with van der Waals surface area (Å²) >= 11 is 0. The maximum Gasteiger partial charge on any atom is 0.0939 e. The highest BCUT2D eigenvalue weighted by atomic mass is 16.5. The fourth-order valence-electron chi connectivity index (χ4n) is 0.248. The van der Waals surface area contributed by atoms with Crippen LogP contribution in [0.15, 0.2) is 16.8 Å². The molecule has 0 bridgehead atoms. The lowest BCUT2D eigenvalue weighted by atomic mass is 10.5. The number of hydrogen-bond donors (Lipinski definition) is 0. The molecule has 0 atom stereocenters. The predicted octanol–water partition coefficient (Wildman–Crippen LogP) is 1.24. The average Bonchev–Trinajstić information content (AvgIpc) is 1.83. The molecule has 2 nitrogen and oxygen atoms in total. The van der Waals surface area contributed by atoms with E-state index in [0.29, 0.717) is 0 Å². The molecule has 0 saturated carbocycles. The second-order valence-corrected chi connectivity index (χ2v) is 1.39. The molecule has 0 N–H and O–H groups in total. The van der Waals surface area contributed by atoms with E-state index in [0.717, 1.165) is 5.76 Å². The van der Waals surface area contributed by atoms with Gasteiger partial charge in [0.2, 0.25) is 0 Å². The Kier molecular flexibility index (Phi) is 3.94. The summed E-state index contributed by atoms with van der Waals surface area (Å²) < 4.78 is 4.82. The Labute approximate surface area is 49.9 Å². The number of hydrogen-bond acceptors (Lipinski definition) is 2. The largest absolute Gasteiger partial charge is 0.501 e. The van der Waals surface area contributed by atoms with Crippen LogP contribution in [0.3, 0.4) is 0 Å². The Morgan fingerprint density at radius 2 is 2.25 bits per heavy atom. The third-order valence-corrected chi connectivity index (χ3v) is 0.780. The van der Waals surface area contributed by atoms with Crippen LogP contribution in [-0.2, 0) is 4.74 Å². The Bertz CT molecular complexity index is 105. The first-order valence-corrected chi connectivity index (χ1v) is 2.44. The molecule has 2 heteroatoms. The summed E-state index contributed by atoms with van der Waals surface area (Å²) in [4.78, 5) is 3.74. The Hall–Kier alpha value is -0.790. The highest BCUT2D eigenvalue weighted by Crippen LogP contribution is 1.87. The molecule has 0 aromatic heterocycles. The quantitative estimate of drug-likeness (QED) is 0.390. The van der Waals surface area contributed by atoms with Gasteiger partial charge < -0.3 is 4.74 Å². The predicted molar refractivity (Wildman–Crippen MR) is 35.2 cm³/mol. The molecule has 0 aliphatic carbocycles. The molecule has 0 radical (unpaired) electrons. The zero-order valence-electron chi connectivity index (χ0n) is 5.51. The normalized spacial score (nSPS) is 12.6. The molecule has 8 heavy (non-hydrogen) atoms. The molecule has 0 saturated heterocycles. The highest BCUT2D eigenvalue weighted by molar-refractivity contribution is 5.71. The monoisotopic (exact) mass is 113 g/mol. The van der Waals surface area contributed by atoms with Crippen LogP contribution in [0.2, 0.25) is 0 Å². The van der Waals surface area contributed by atoms with Crippen LogP contribution in [-0.4, -0.2) is 20.4 Å². The first-order valence-electron chi connectivity index (χ1n) is 2.44. The van der Waals surface area contributed by atoms with Crippen LogP contribution in [0.25, 0.3) is 0 Å². The molecule has 0 fully saturated rings. The van der Waals surface area contributed by atoms with Crippen LogP contribution >= 0.6 is 0 Å². The SMILES string of the molecule is CN=C/C=C(\C)OC.